The Morgan fingerprint density at radius 2 is 1.76 bits per heavy atom. The minimum Gasteiger partial charge on any atom is -0.314 e. The molecule has 0 aromatic heterocycles. The molecule has 1 aromatic rings. The highest BCUT2D eigenvalue weighted by molar-refractivity contribution is 5.23. The van der Waals surface area contributed by atoms with Gasteiger partial charge in [-0.25, -0.2) is 0 Å². The predicted molar refractivity (Wildman–Crippen MR) is 74.3 cm³/mol. The second kappa shape index (κ2) is 6.20. The van der Waals surface area contributed by atoms with Crippen LogP contribution in [0.5, 0.6) is 0 Å². The summed E-state index contributed by atoms with van der Waals surface area (Å²) in [6.45, 7) is 5.51. The summed E-state index contributed by atoms with van der Waals surface area (Å²) in [7, 11) is 0. The van der Waals surface area contributed by atoms with Crippen LogP contribution in [0.25, 0.3) is 0 Å². The molecule has 17 heavy (non-hydrogen) atoms. The quantitative estimate of drug-likeness (QED) is 0.756. The van der Waals surface area contributed by atoms with Crippen molar-refractivity contribution in [2.75, 3.05) is 6.54 Å². The van der Waals surface area contributed by atoms with E-state index in [9.17, 15) is 0 Å². The average molecular weight is 231 g/mol. The van der Waals surface area contributed by atoms with Crippen LogP contribution in [0, 0.1) is 5.92 Å². The fourth-order valence-corrected chi connectivity index (χ4v) is 2.48. The van der Waals surface area contributed by atoms with Crippen molar-refractivity contribution in [2.45, 2.75) is 52.0 Å². The van der Waals surface area contributed by atoms with Crippen molar-refractivity contribution in [3.8, 4) is 0 Å². The first-order valence-electron chi connectivity index (χ1n) is 7.13. The Balaban J connectivity index is 1.90. The maximum Gasteiger partial charge on any atom is 0.0110 e. The fourth-order valence-electron chi connectivity index (χ4n) is 2.48. The molecule has 0 heterocycles. The third kappa shape index (κ3) is 4.16. The number of rotatable bonds is 7. The van der Waals surface area contributed by atoms with Gasteiger partial charge < -0.3 is 5.32 Å². The summed E-state index contributed by atoms with van der Waals surface area (Å²) in [5, 5.41) is 3.63. The molecule has 0 saturated heterocycles. The average Bonchev–Trinajstić information content (AvgIpc) is 3.14. The van der Waals surface area contributed by atoms with Crippen LogP contribution in [0.1, 0.15) is 44.2 Å². The molecule has 1 aliphatic rings. The van der Waals surface area contributed by atoms with E-state index in [1.807, 2.05) is 0 Å². The van der Waals surface area contributed by atoms with Gasteiger partial charge in [0.05, 0.1) is 0 Å². The van der Waals surface area contributed by atoms with Crippen LogP contribution in [0.15, 0.2) is 24.3 Å². The topological polar surface area (TPSA) is 12.0 Å². The first-order valence-corrected chi connectivity index (χ1v) is 7.13. The summed E-state index contributed by atoms with van der Waals surface area (Å²) >= 11 is 0. The molecule has 1 aliphatic carbocycles. The van der Waals surface area contributed by atoms with Crippen molar-refractivity contribution < 1.29 is 0 Å². The van der Waals surface area contributed by atoms with Gasteiger partial charge in [-0.3, -0.25) is 0 Å². The van der Waals surface area contributed by atoms with Crippen LogP contribution < -0.4 is 5.32 Å². The van der Waals surface area contributed by atoms with Gasteiger partial charge in [0, 0.05) is 6.04 Å². The number of likely N-dealkylation sites (N-methyl/N-ethyl adjacent to an activating group) is 1. The smallest absolute Gasteiger partial charge is 0.0110 e. The van der Waals surface area contributed by atoms with Gasteiger partial charge >= 0.3 is 0 Å². The first-order chi connectivity index (χ1) is 8.31. The summed E-state index contributed by atoms with van der Waals surface area (Å²) < 4.78 is 0. The largest absolute Gasteiger partial charge is 0.314 e. The van der Waals surface area contributed by atoms with Crippen LogP contribution in [0.2, 0.25) is 0 Å². The van der Waals surface area contributed by atoms with E-state index in [1.54, 1.807) is 0 Å². The van der Waals surface area contributed by atoms with E-state index >= 15 is 0 Å². The molecule has 1 aromatic carbocycles. The lowest BCUT2D eigenvalue weighted by Crippen LogP contribution is -2.31. The normalized spacial score (nSPS) is 17.1. The zero-order valence-electron chi connectivity index (χ0n) is 11.2. The standard InChI is InChI=1S/C16H25N/c1-3-13-5-7-14(8-6-13)11-16(17-4-2)12-15-9-10-15/h5-8,15-17H,3-4,9-12H2,1-2H3. The van der Waals surface area contributed by atoms with Gasteiger partial charge in [-0.2, -0.15) is 0 Å². The summed E-state index contributed by atoms with van der Waals surface area (Å²) in [6.07, 6.45) is 6.60. The molecule has 94 valence electrons. The maximum absolute atomic E-state index is 3.63. The van der Waals surface area contributed by atoms with E-state index in [4.69, 9.17) is 0 Å². The van der Waals surface area contributed by atoms with Crippen LogP contribution >= 0.6 is 0 Å². The van der Waals surface area contributed by atoms with Crippen LogP contribution in [-0.2, 0) is 12.8 Å². The van der Waals surface area contributed by atoms with E-state index in [0.29, 0.717) is 6.04 Å². The van der Waals surface area contributed by atoms with E-state index in [-0.39, 0.29) is 0 Å². The molecule has 0 radical (unpaired) electrons. The number of hydrogen-bond donors (Lipinski definition) is 1. The monoisotopic (exact) mass is 231 g/mol. The number of nitrogens with one attached hydrogen (secondary N) is 1. The highest BCUT2D eigenvalue weighted by atomic mass is 14.9. The molecule has 0 aliphatic heterocycles. The highest BCUT2D eigenvalue weighted by Crippen LogP contribution is 2.34. The van der Waals surface area contributed by atoms with Gasteiger partial charge in [0.1, 0.15) is 0 Å². The number of aryl methyl sites for hydroxylation is 1. The Kier molecular flexibility index (Phi) is 4.61. The Morgan fingerprint density at radius 1 is 1.12 bits per heavy atom. The van der Waals surface area contributed by atoms with Crippen molar-refractivity contribution in [3.05, 3.63) is 35.4 Å². The SMILES string of the molecule is CCNC(Cc1ccc(CC)cc1)CC1CC1. The summed E-state index contributed by atoms with van der Waals surface area (Å²) in [5.74, 6) is 1.01. The van der Waals surface area contributed by atoms with Crippen molar-refractivity contribution in [1.82, 2.24) is 5.32 Å². The zero-order chi connectivity index (χ0) is 12.1. The van der Waals surface area contributed by atoms with Crippen molar-refractivity contribution in [2.24, 2.45) is 5.92 Å². The molecule has 0 bridgehead atoms. The summed E-state index contributed by atoms with van der Waals surface area (Å²) in [6, 6.07) is 9.83. The second-order valence-corrected chi connectivity index (χ2v) is 5.31. The van der Waals surface area contributed by atoms with E-state index in [0.717, 1.165) is 18.9 Å². The molecule has 1 atom stereocenters. The van der Waals surface area contributed by atoms with Crippen molar-refractivity contribution >= 4 is 0 Å². The van der Waals surface area contributed by atoms with Gasteiger partial charge in [-0.05, 0) is 42.9 Å². The van der Waals surface area contributed by atoms with E-state index in [2.05, 4.69) is 43.4 Å². The summed E-state index contributed by atoms with van der Waals surface area (Å²) in [5.41, 5.74) is 2.92. The van der Waals surface area contributed by atoms with Gasteiger partial charge in [0.25, 0.3) is 0 Å². The van der Waals surface area contributed by atoms with Gasteiger partial charge in [-0.15, -0.1) is 0 Å². The minimum absolute atomic E-state index is 0.681. The Labute approximate surface area is 106 Å². The molecule has 1 unspecified atom stereocenters. The van der Waals surface area contributed by atoms with Crippen molar-refractivity contribution in [3.63, 3.8) is 0 Å². The molecule has 1 heteroatoms. The molecule has 2 rings (SSSR count). The Hall–Kier alpha value is -0.820. The zero-order valence-corrected chi connectivity index (χ0v) is 11.2. The molecule has 1 fully saturated rings. The molecular formula is C16H25N. The second-order valence-electron chi connectivity index (χ2n) is 5.31. The fraction of sp³-hybridized carbons (Fsp3) is 0.625. The van der Waals surface area contributed by atoms with Crippen molar-refractivity contribution in [1.29, 1.82) is 0 Å². The molecule has 1 nitrogen and oxygen atoms in total. The third-order valence-corrected chi connectivity index (χ3v) is 3.72. The van der Waals surface area contributed by atoms with Gasteiger partial charge in [0.15, 0.2) is 0 Å². The molecular weight excluding hydrogens is 206 g/mol. The lowest BCUT2D eigenvalue weighted by atomic mass is 9.99. The third-order valence-electron chi connectivity index (χ3n) is 3.72. The maximum atomic E-state index is 3.63. The molecule has 1 N–H and O–H groups in total. The number of hydrogen-bond acceptors (Lipinski definition) is 1. The van der Waals surface area contributed by atoms with Gasteiger partial charge in [0.2, 0.25) is 0 Å². The summed E-state index contributed by atoms with van der Waals surface area (Å²) in [4.78, 5) is 0. The lowest BCUT2D eigenvalue weighted by Gasteiger charge is -2.17. The predicted octanol–water partition coefficient (Wildman–Crippen LogP) is 3.57. The molecule has 0 spiro atoms. The van der Waals surface area contributed by atoms with Gasteiger partial charge in [-0.1, -0.05) is 51.0 Å². The van der Waals surface area contributed by atoms with Crippen LogP contribution in [0.4, 0.5) is 0 Å². The highest BCUT2D eigenvalue weighted by Gasteiger charge is 2.25. The minimum atomic E-state index is 0.681. The van der Waals surface area contributed by atoms with Crippen LogP contribution in [-0.4, -0.2) is 12.6 Å². The Morgan fingerprint density at radius 3 is 2.29 bits per heavy atom. The Bertz CT molecular complexity index is 324. The van der Waals surface area contributed by atoms with Crippen LogP contribution in [0.3, 0.4) is 0 Å². The van der Waals surface area contributed by atoms with E-state index in [1.165, 1.54) is 36.8 Å². The number of benzene rings is 1. The molecule has 0 amide bonds. The molecule has 1 saturated carbocycles. The van der Waals surface area contributed by atoms with E-state index < -0.39 is 0 Å². The lowest BCUT2D eigenvalue weighted by molar-refractivity contribution is 0.466. The first kappa shape index (κ1) is 12.6.